The zero-order chi connectivity index (χ0) is 16.9. The van der Waals surface area contributed by atoms with E-state index in [1.807, 2.05) is 13.0 Å². The minimum absolute atomic E-state index is 0. The van der Waals surface area contributed by atoms with E-state index in [9.17, 15) is 4.39 Å². The van der Waals surface area contributed by atoms with Gasteiger partial charge in [-0.25, -0.2) is 9.38 Å². The molecule has 0 saturated heterocycles. The molecule has 0 aromatic heterocycles. The molecule has 0 aliphatic heterocycles. The maximum atomic E-state index is 13.2. The van der Waals surface area contributed by atoms with E-state index in [0.29, 0.717) is 6.54 Å². The van der Waals surface area contributed by atoms with Crippen LogP contribution in [-0.4, -0.2) is 57.8 Å². The monoisotopic (exact) mass is 452 g/mol. The van der Waals surface area contributed by atoms with Gasteiger partial charge in [-0.3, -0.25) is 0 Å². The first kappa shape index (κ1) is 23.1. The molecule has 0 spiro atoms. The summed E-state index contributed by atoms with van der Waals surface area (Å²) in [6.45, 7) is 6.79. The van der Waals surface area contributed by atoms with Gasteiger partial charge in [-0.2, -0.15) is 0 Å². The number of likely N-dealkylation sites (N-methyl/N-ethyl adjacent to an activating group) is 1. The van der Waals surface area contributed by atoms with Crippen LogP contribution in [0.1, 0.15) is 18.9 Å². The summed E-state index contributed by atoms with van der Waals surface area (Å²) < 4.78 is 18.2. The van der Waals surface area contributed by atoms with Crippen LogP contribution in [0.25, 0.3) is 0 Å². The predicted molar refractivity (Wildman–Crippen MR) is 109 cm³/mol. The molecule has 0 heterocycles. The lowest BCUT2D eigenvalue weighted by Crippen LogP contribution is -2.41. The number of guanidine groups is 1. The summed E-state index contributed by atoms with van der Waals surface area (Å²) in [6.07, 6.45) is 1.03. The number of ether oxygens (including phenoxy) is 1. The van der Waals surface area contributed by atoms with Gasteiger partial charge in [0.05, 0.1) is 6.54 Å². The Hall–Kier alpha value is -0.930. The molecular weight excluding hydrogens is 422 g/mol. The molecule has 24 heavy (non-hydrogen) atoms. The van der Waals surface area contributed by atoms with Gasteiger partial charge in [-0.15, -0.1) is 24.0 Å². The molecule has 2 N–H and O–H groups in total. The highest BCUT2D eigenvalue weighted by Gasteiger charge is 2.01. The Kier molecular flexibility index (Phi) is 13.9. The van der Waals surface area contributed by atoms with Crippen molar-refractivity contribution in [2.24, 2.45) is 4.99 Å². The van der Waals surface area contributed by atoms with Crippen molar-refractivity contribution in [1.29, 1.82) is 0 Å². The standard InChI is InChI=1S/C17H29FN4O.HI/c1-4-19-17(20-9-11-22(2)10-6-12-23-3)21-14-15-7-5-8-16(18)13-15;/h5,7-8,13H,4,6,9-12,14H2,1-3H3,(H2,19,20,21);1H. The zero-order valence-corrected chi connectivity index (χ0v) is 17.2. The van der Waals surface area contributed by atoms with Crippen LogP contribution in [0, 0.1) is 5.82 Å². The van der Waals surface area contributed by atoms with Crippen LogP contribution in [-0.2, 0) is 11.3 Å². The van der Waals surface area contributed by atoms with E-state index in [0.717, 1.165) is 50.7 Å². The minimum atomic E-state index is -0.228. The van der Waals surface area contributed by atoms with Gasteiger partial charge in [0, 0.05) is 39.9 Å². The zero-order valence-electron chi connectivity index (χ0n) is 14.8. The smallest absolute Gasteiger partial charge is 0.191 e. The van der Waals surface area contributed by atoms with Crippen molar-refractivity contribution in [2.75, 3.05) is 46.9 Å². The van der Waals surface area contributed by atoms with E-state index in [1.165, 1.54) is 12.1 Å². The summed E-state index contributed by atoms with van der Waals surface area (Å²) in [5.41, 5.74) is 0.860. The Labute approximate surface area is 162 Å². The van der Waals surface area contributed by atoms with Crippen molar-refractivity contribution >= 4 is 29.9 Å². The second-order valence-corrected chi connectivity index (χ2v) is 5.40. The van der Waals surface area contributed by atoms with Crippen molar-refractivity contribution in [2.45, 2.75) is 19.9 Å². The van der Waals surface area contributed by atoms with Gasteiger partial charge in [0.15, 0.2) is 5.96 Å². The minimum Gasteiger partial charge on any atom is -0.385 e. The molecule has 0 bridgehead atoms. The topological polar surface area (TPSA) is 48.9 Å². The van der Waals surface area contributed by atoms with E-state index < -0.39 is 0 Å². The summed E-state index contributed by atoms with van der Waals surface area (Å²) >= 11 is 0. The van der Waals surface area contributed by atoms with Gasteiger partial charge in [0.2, 0.25) is 0 Å². The fourth-order valence-corrected chi connectivity index (χ4v) is 2.10. The molecular formula is C17H30FIN4O. The lowest BCUT2D eigenvalue weighted by Gasteiger charge is -2.18. The highest BCUT2D eigenvalue weighted by Crippen LogP contribution is 2.04. The van der Waals surface area contributed by atoms with Gasteiger partial charge >= 0.3 is 0 Å². The van der Waals surface area contributed by atoms with Crippen LogP contribution >= 0.6 is 24.0 Å². The molecule has 0 unspecified atom stereocenters. The Bertz CT molecular complexity index is 474. The molecule has 0 radical (unpaired) electrons. The van der Waals surface area contributed by atoms with Crippen LogP contribution < -0.4 is 10.6 Å². The fourth-order valence-electron chi connectivity index (χ4n) is 2.10. The molecule has 1 aromatic rings. The molecule has 1 rings (SSSR count). The number of nitrogens with zero attached hydrogens (tertiary/aromatic N) is 2. The molecule has 0 saturated carbocycles. The molecule has 5 nitrogen and oxygen atoms in total. The SMILES string of the molecule is CCNC(=NCc1cccc(F)c1)NCCN(C)CCCOC.I. The highest BCUT2D eigenvalue weighted by molar-refractivity contribution is 14.0. The van der Waals surface area contributed by atoms with Crippen molar-refractivity contribution in [3.8, 4) is 0 Å². The van der Waals surface area contributed by atoms with Gasteiger partial charge < -0.3 is 20.3 Å². The molecule has 0 amide bonds. The average molecular weight is 452 g/mol. The van der Waals surface area contributed by atoms with Crippen molar-refractivity contribution in [1.82, 2.24) is 15.5 Å². The Morgan fingerprint density at radius 1 is 1.29 bits per heavy atom. The number of hydrogen-bond acceptors (Lipinski definition) is 3. The Morgan fingerprint density at radius 3 is 2.75 bits per heavy atom. The first-order valence-corrected chi connectivity index (χ1v) is 8.09. The highest BCUT2D eigenvalue weighted by atomic mass is 127. The van der Waals surface area contributed by atoms with Crippen LogP contribution in [0.3, 0.4) is 0 Å². The first-order valence-electron chi connectivity index (χ1n) is 8.09. The van der Waals surface area contributed by atoms with Gasteiger partial charge in [-0.05, 0) is 38.1 Å². The van der Waals surface area contributed by atoms with E-state index in [4.69, 9.17) is 4.74 Å². The maximum absolute atomic E-state index is 13.2. The van der Waals surface area contributed by atoms with Gasteiger partial charge in [0.25, 0.3) is 0 Å². The number of rotatable bonds is 10. The van der Waals surface area contributed by atoms with Crippen LogP contribution in [0.4, 0.5) is 4.39 Å². The summed E-state index contributed by atoms with van der Waals surface area (Å²) in [5, 5.41) is 6.50. The normalized spacial score (nSPS) is 11.3. The molecule has 138 valence electrons. The molecule has 1 aromatic carbocycles. The summed E-state index contributed by atoms with van der Waals surface area (Å²) in [6, 6.07) is 6.53. The third kappa shape index (κ3) is 10.8. The average Bonchev–Trinajstić information content (AvgIpc) is 2.53. The van der Waals surface area contributed by atoms with Crippen molar-refractivity contribution < 1.29 is 9.13 Å². The van der Waals surface area contributed by atoms with Gasteiger partial charge in [0.1, 0.15) is 5.82 Å². The fraction of sp³-hybridized carbons (Fsp3) is 0.588. The first-order chi connectivity index (χ1) is 11.2. The van der Waals surface area contributed by atoms with Crippen LogP contribution in [0.5, 0.6) is 0 Å². The van der Waals surface area contributed by atoms with E-state index in [1.54, 1.807) is 13.2 Å². The van der Waals surface area contributed by atoms with Crippen LogP contribution in [0.15, 0.2) is 29.3 Å². The van der Waals surface area contributed by atoms with Crippen molar-refractivity contribution in [3.05, 3.63) is 35.6 Å². The second-order valence-electron chi connectivity index (χ2n) is 5.40. The Balaban J connectivity index is 0.00000529. The van der Waals surface area contributed by atoms with Crippen molar-refractivity contribution in [3.63, 3.8) is 0 Å². The Morgan fingerprint density at radius 2 is 2.08 bits per heavy atom. The molecule has 0 aliphatic rings. The third-order valence-corrected chi connectivity index (χ3v) is 3.33. The maximum Gasteiger partial charge on any atom is 0.191 e. The molecule has 0 fully saturated rings. The number of hydrogen-bond donors (Lipinski definition) is 2. The largest absolute Gasteiger partial charge is 0.385 e. The lowest BCUT2D eigenvalue weighted by molar-refractivity contribution is 0.180. The molecule has 7 heteroatoms. The second kappa shape index (κ2) is 14.4. The van der Waals surface area contributed by atoms with E-state index in [2.05, 4.69) is 27.6 Å². The number of halogens is 2. The predicted octanol–water partition coefficient (Wildman–Crippen LogP) is 2.47. The van der Waals surface area contributed by atoms with Gasteiger partial charge in [-0.1, -0.05) is 12.1 Å². The quantitative estimate of drug-likeness (QED) is 0.248. The van der Waals surface area contributed by atoms with E-state index >= 15 is 0 Å². The number of nitrogens with one attached hydrogen (secondary N) is 2. The number of aliphatic imine (C=N–C) groups is 1. The number of benzene rings is 1. The summed E-state index contributed by atoms with van der Waals surface area (Å²) in [7, 11) is 3.81. The third-order valence-electron chi connectivity index (χ3n) is 3.33. The number of methoxy groups -OCH3 is 1. The summed E-state index contributed by atoms with van der Waals surface area (Å²) in [4.78, 5) is 6.74. The molecule has 0 aliphatic carbocycles. The molecule has 0 atom stereocenters. The summed E-state index contributed by atoms with van der Waals surface area (Å²) in [5.74, 6) is 0.524. The lowest BCUT2D eigenvalue weighted by atomic mass is 10.2. The van der Waals surface area contributed by atoms with Crippen LogP contribution in [0.2, 0.25) is 0 Å². The van der Waals surface area contributed by atoms with E-state index in [-0.39, 0.29) is 29.8 Å².